The van der Waals surface area contributed by atoms with E-state index in [9.17, 15) is 9.90 Å². The Labute approximate surface area is 97.5 Å². The van der Waals surface area contributed by atoms with E-state index in [2.05, 4.69) is 10.0 Å². The van der Waals surface area contributed by atoms with Crippen LogP contribution in [0, 0.1) is 0 Å². The molecule has 1 aliphatic carbocycles. The van der Waals surface area contributed by atoms with Crippen LogP contribution in [0.4, 0.5) is 0 Å². The molecule has 0 spiro atoms. The van der Waals surface area contributed by atoms with Crippen molar-refractivity contribution in [1.29, 1.82) is 0 Å². The SMILES string of the molecule is CC(=O)O[C@@H]1c2ccccc2[C@H](N=[N+]=[N-])[C@H]1O. The summed E-state index contributed by atoms with van der Waals surface area (Å²) >= 11 is 0. The number of nitrogens with zero attached hydrogens (tertiary/aromatic N) is 3. The minimum absolute atomic E-state index is 0.481. The smallest absolute Gasteiger partial charge is 0.303 e. The van der Waals surface area contributed by atoms with Crippen molar-refractivity contribution in [3.63, 3.8) is 0 Å². The van der Waals surface area contributed by atoms with Crippen molar-refractivity contribution < 1.29 is 14.6 Å². The first kappa shape index (κ1) is 11.4. The molecule has 1 aliphatic rings. The number of hydrogen-bond acceptors (Lipinski definition) is 4. The number of esters is 1. The van der Waals surface area contributed by atoms with Gasteiger partial charge in [-0.2, -0.15) is 0 Å². The molecule has 2 rings (SSSR count). The van der Waals surface area contributed by atoms with Crippen LogP contribution < -0.4 is 0 Å². The van der Waals surface area contributed by atoms with Gasteiger partial charge in [0.1, 0.15) is 6.10 Å². The third-order valence-electron chi connectivity index (χ3n) is 2.72. The molecule has 1 aromatic carbocycles. The van der Waals surface area contributed by atoms with Crippen LogP contribution in [-0.2, 0) is 9.53 Å². The zero-order chi connectivity index (χ0) is 12.4. The van der Waals surface area contributed by atoms with E-state index in [0.29, 0.717) is 11.1 Å². The number of fused-ring (bicyclic) bond motifs is 1. The van der Waals surface area contributed by atoms with Crippen molar-refractivity contribution >= 4 is 5.97 Å². The van der Waals surface area contributed by atoms with Crippen molar-refractivity contribution in [3.05, 3.63) is 45.8 Å². The highest BCUT2D eigenvalue weighted by atomic mass is 16.6. The van der Waals surface area contributed by atoms with Gasteiger partial charge in [0.25, 0.3) is 0 Å². The predicted octanol–water partition coefficient (Wildman–Crippen LogP) is 2.02. The van der Waals surface area contributed by atoms with Gasteiger partial charge in [0.2, 0.25) is 0 Å². The van der Waals surface area contributed by atoms with E-state index in [1.165, 1.54) is 6.92 Å². The maximum Gasteiger partial charge on any atom is 0.303 e. The highest BCUT2D eigenvalue weighted by Gasteiger charge is 2.41. The fourth-order valence-corrected chi connectivity index (χ4v) is 2.07. The van der Waals surface area contributed by atoms with Gasteiger partial charge >= 0.3 is 5.97 Å². The Kier molecular flexibility index (Phi) is 2.99. The lowest BCUT2D eigenvalue weighted by Gasteiger charge is -2.17. The largest absolute Gasteiger partial charge is 0.455 e. The van der Waals surface area contributed by atoms with Crippen LogP contribution in [-0.4, -0.2) is 17.2 Å². The number of aliphatic hydroxyl groups excluding tert-OH is 1. The van der Waals surface area contributed by atoms with Gasteiger partial charge in [-0.1, -0.05) is 29.4 Å². The normalized spacial score (nSPS) is 25.9. The molecule has 6 heteroatoms. The van der Waals surface area contributed by atoms with Crippen molar-refractivity contribution in [2.24, 2.45) is 5.11 Å². The molecular weight excluding hydrogens is 222 g/mol. The minimum atomic E-state index is -1.04. The fourth-order valence-electron chi connectivity index (χ4n) is 2.07. The maximum absolute atomic E-state index is 11.0. The zero-order valence-corrected chi connectivity index (χ0v) is 9.15. The summed E-state index contributed by atoms with van der Waals surface area (Å²) in [6, 6.07) is 6.35. The average molecular weight is 233 g/mol. The molecule has 0 fully saturated rings. The molecule has 1 N–H and O–H groups in total. The predicted molar refractivity (Wildman–Crippen MR) is 58.8 cm³/mol. The molecule has 1 aromatic rings. The van der Waals surface area contributed by atoms with Crippen molar-refractivity contribution in [2.45, 2.75) is 25.2 Å². The van der Waals surface area contributed by atoms with E-state index < -0.39 is 24.2 Å². The maximum atomic E-state index is 11.0. The van der Waals surface area contributed by atoms with Gasteiger partial charge in [-0.3, -0.25) is 4.79 Å². The Morgan fingerprint density at radius 2 is 2.12 bits per heavy atom. The topological polar surface area (TPSA) is 95.3 Å². The van der Waals surface area contributed by atoms with E-state index in [1.807, 2.05) is 0 Å². The summed E-state index contributed by atoms with van der Waals surface area (Å²) in [4.78, 5) is 13.7. The molecule has 0 amide bonds. The van der Waals surface area contributed by atoms with E-state index in [0.717, 1.165) is 0 Å². The fraction of sp³-hybridized carbons (Fsp3) is 0.364. The van der Waals surface area contributed by atoms with E-state index in [-0.39, 0.29) is 0 Å². The van der Waals surface area contributed by atoms with E-state index in [4.69, 9.17) is 10.3 Å². The van der Waals surface area contributed by atoms with Gasteiger partial charge in [0.05, 0.1) is 6.04 Å². The molecule has 17 heavy (non-hydrogen) atoms. The highest BCUT2D eigenvalue weighted by Crippen LogP contribution is 2.43. The second-order valence-electron chi connectivity index (χ2n) is 3.80. The van der Waals surface area contributed by atoms with Crippen LogP contribution in [0.25, 0.3) is 10.4 Å². The Bertz CT molecular complexity index is 496. The molecule has 0 unspecified atom stereocenters. The van der Waals surface area contributed by atoms with Crippen molar-refractivity contribution in [2.75, 3.05) is 0 Å². The van der Waals surface area contributed by atoms with Crippen LogP contribution in [0.2, 0.25) is 0 Å². The molecule has 6 nitrogen and oxygen atoms in total. The summed E-state index contributed by atoms with van der Waals surface area (Å²) in [5.74, 6) is -0.481. The zero-order valence-electron chi connectivity index (χ0n) is 9.15. The first-order chi connectivity index (χ1) is 8.15. The molecule has 0 heterocycles. The molecule has 0 saturated carbocycles. The first-order valence-corrected chi connectivity index (χ1v) is 5.13. The van der Waals surface area contributed by atoms with Crippen LogP contribution in [0.3, 0.4) is 0 Å². The third-order valence-corrected chi connectivity index (χ3v) is 2.72. The summed E-state index contributed by atoms with van der Waals surface area (Å²) in [7, 11) is 0. The second-order valence-corrected chi connectivity index (χ2v) is 3.80. The van der Waals surface area contributed by atoms with Crippen LogP contribution in [0.5, 0.6) is 0 Å². The number of carbonyl (C=O) groups excluding carboxylic acids is 1. The lowest BCUT2D eigenvalue weighted by molar-refractivity contribution is -0.152. The van der Waals surface area contributed by atoms with Crippen LogP contribution >= 0.6 is 0 Å². The summed E-state index contributed by atoms with van der Waals surface area (Å²) in [6.07, 6.45) is -1.80. The summed E-state index contributed by atoms with van der Waals surface area (Å²) < 4.78 is 5.05. The molecule has 0 bridgehead atoms. The Hall–Kier alpha value is -2.04. The van der Waals surface area contributed by atoms with Gasteiger partial charge in [-0.25, -0.2) is 0 Å². The highest BCUT2D eigenvalue weighted by molar-refractivity contribution is 5.66. The minimum Gasteiger partial charge on any atom is -0.455 e. The van der Waals surface area contributed by atoms with Gasteiger partial charge in [0, 0.05) is 11.8 Å². The number of carbonyl (C=O) groups is 1. The summed E-state index contributed by atoms with van der Waals surface area (Å²) in [6.45, 7) is 1.27. The first-order valence-electron chi connectivity index (χ1n) is 5.13. The third kappa shape index (κ3) is 1.95. The molecular formula is C11H11N3O3. The van der Waals surface area contributed by atoms with E-state index in [1.54, 1.807) is 24.3 Å². The van der Waals surface area contributed by atoms with Crippen molar-refractivity contribution in [1.82, 2.24) is 0 Å². The van der Waals surface area contributed by atoms with Gasteiger partial charge in [-0.05, 0) is 16.7 Å². The average Bonchev–Trinajstić information content (AvgIpc) is 2.55. The summed E-state index contributed by atoms with van der Waals surface area (Å²) in [5.41, 5.74) is 9.86. The van der Waals surface area contributed by atoms with Gasteiger partial charge in [-0.15, -0.1) is 0 Å². The molecule has 0 radical (unpaired) electrons. The number of azide groups is 1. The standard InChI is InChI=1S/C11H11N3O3/c1-6(15)17-11-8-5-3-2-4-7(8)9(10(11)16)13-14-12/h2-5,9-11,16H,1H3/t9-,10+,11+/m0/s1. The number of benzene rings is 1. The van der Waals surface area contributed by atoms with Crippen LogP contribution in [0.1, 0.15) is 30.2 Å². The van der Waals surface area contributed by atoms with E-state index >= 15 is 0 Å². The second kappa shape index (κ2) is 4.45. The Balaban J connectivity index is 2.44. The molecule has 3 atom stereocenters. The Morgan fingerprint density at radius 1 is 1.47 bits per heavy atom. The Morgan fingerprint density at radius 3 is 2.71 bits per heavy atom. The number of rotatable bonds is 2. The van der Waals surface area contributed by atoms with Crippen molar-refractivity contribution in [3.8, 4) is 0 Å². The lowest BCUT2D eigenvalue weighted by Crippen LogP contribution is -2.21. The van der Waals surface area contributed by atoms with Gasteiger partial charge < -0.3 is 9.84 Å². The molecule has 0 aromatic heterocycles. The molecule has 0 saturated heterocycles. The number of hydrogen-bond donors (Lipinski definition) is 1. The van der Waals surface area contributed by atoms with Crippen LogP contribution in [0.15, 0.2) is 29.4 Å². The summed E-state index contributed by atoms with van der Waals surface area (Å²) in [5, 5.41) is 13.6. The lowest BCUT2D eigenvalue weighted by atomic mass is 10.1. The number of aliphatic hydroxyl groups is 1. The van der Waals surface area contributed by atoms with Gasteiger partial charge in [0.15, 0.2) is 6.10 Å². The monoisotopic (exact) mass is 233 g/mol. The quantitative estimate of drug-likeness (QED) is 0.366. The molecule has 0 aliphatic heterocycles. The number of ether oxygens (including phenoxy) is 1. The molecule has 88 valence electrons.